The number of fused-ring (bicyclic) bond motifs is 8. The standard InChI is InChI=1S/C41H29NO3/c1-25-16-18-27(19-17-25)38-37-36-32(22-28-12-6-7-13-30(28)39(36)45-38)31-21-20-29(44-2)23-34(31)41(37)33-14-8-9-15-35(33)42(40(41)43)24-26-10-4-3-5-11-26/h3-23H,24H2,1-2H3/t41-/m0/s1. The first kappa shape index (κ1) is 25.8. The summed E-state index contributed by atoms with van der Waals surface area (Å²) in [7, 11) is 1.68. The third-order valence-corrected chi connectivity index (χ3v) is 9.64. The Balaban J connectivity index is 1.47. The second kappa shape index (κ2) is 9.44. The van der Waals surface area contributed by atoms with E-state index in [0.717, 1.165) is 77.7 Å². The van der Waals surface area contributed by atoms with Crippen molar-refractivity contribution in [2.75, 3.05) is 12.0 Å². The molecule has 0 unspecified atom stereocenters. The molecule has 2 aliphatic rings. The average Bonchev–Trinajstić information content (AvgIpc) is 3.59. The van der Waals surface area contributed by atoms with Crippen LogP contribution in [0, 0.1) is 6.92 Å². The van der Waals surface area contributed by atoms with E-state index in [-0.39, 0.29) is 5.91 Å². The largest absolute Gasteiger partial charge is 0.497 e. The minimum Gasteiger partial charge on any atom is -0.497 e. The van der Waals surface area contributed by atoms with Gasteiger partial charge in [-0.1, -0.05) is 109 Å². The molecule has 7 aromatic rings. The van der Waals surface area contributed by atoms with E-state index < -0.39 is 5.41 Å². The van der Waals surface area contributed by atoms with Crippen LogP contribution in [0.5, 0.6) is 5.75 Å². The molecule has 1 aliphatic carbocycles. The van der Waals surface area contributed by atoms with Crippen LogP contribution in [-0.4, -0.2) is 13.0 Å². The first-order chi connectivity index (χ1) is 22.1. The van der Waals surface area contributed by atoms with Gasteiger partial charge in [0, 0.05) is 33.2 Å². The van der Waals surface area contributed by atoms with Crippen molar-refractivity contribution in [1.82, 2.24) is 0 Å². The highest BCUT2D eigenvalue weighted by Gasteiger charge is 2.59. The van der Waals surface area contributed by atoms with Crippen molar-refractivity contribution >= 4 is 33.3 Å². The van der Waals surface area contributed by atoms with Crippen LogP contribution < -0.4 is 9.64 Å². The normalized spacial score (nSPS) is 16.4. The Hall–Kier alpha value is -5.61. The topological polar surface area (TPSA) is 42.7 Å². The molecule has 1 atom stereocenters. The van der Waals surface area contributed by atoms with E-state index in [4.69, 9.17) is 9.15 Å². The van der Waals surface area contributed by atoms with Gasteiger partial charge in [-0.05, 0) is 58.8 Å². The molecule has 6 aromatic carbocycles. The molecular weight excluding hydrogens is 554 g/mol. The number of amides is 1. The zero-order valence-corrected chi connectivity index (χ0v) is 25.0. The van der Waals surface area contributed by atoms with Crippen LogP contribution in [0.15, 0.2) is 132 Å². The molecule has 1 amide bonds. The number of benzene rings is 6. The average molecular weight is 584 g/mol. The van der Waals surface area contributed by atoms with Crippen LogP contribution in [-0.2, 0) is 16.8 Å². The summed E-state index contributed by atoms with van der Waals surface area (Å²) in [6.45, 7) is 2.55. The zero-order chi connectivity index (χ0) is 30.3. The van der Waals surface area contributed by atoms with Crippen molar-refractivity contribution in [3.63, 3.8) is 0 Å². The maximum Gasteiger partial charge on any atom is 0.247 e. The Labute approximate surface area is 261 Å². The van der Waals surface area contributed by atoms with E-state index in [0.29, 0.717) is 12.3 Å². The highest BCUT2D eigenvalue weighted by molar-refractivity contribution is 6.23. The number of methoxy groups -OCH3 is 1. The smallest absolute Gasteiger partial charge is 0.247 e. The Morgan fingerprint density at radius 1 is 0.756 bits per heavy atom. The van der Waals surface area contributed by atoms with Gasteiger partial charge in [-0.15, -0.1) is 0 Å². The zero-order valence-electron chi connectivity index (χ0n) is 25.0. The number of nitrogens with zero attached hydrogens (tertiary/aromatic N) is 1. The van der Waals surface area contributed by atoms with Gasteiger partial charge in [0.25, 0.3) is 0 Å². The van der Waals surface area contributed by atoms with Crippen LogP contribution in [0.2, 0.25) is 0 Å². The summed E-state index contributed by atoms with van der Waals surface area (Å²) in [5, 5.41) is 3.12. The Morgan fingerprint density at radius 2 is 1.51 bits per heavy atom. The van der Waals surface area contributed by atoms with Gasteiger partial charge < -0.3 is 14.1 Å². The lowest BCUT2D eigenvalue weighted by atomic mass is 9.63. The molecule has 4 heteroatoms. The number of para-hydroxylation sites is 1. The van der Waals surface area contributed by atoms with Crippen molar-refractivity contribution in [2.45, 2.75) is 18.9 Å². The van der Waals surface area contributed by atoms with Gasteiger partial charge in [-0.2, -0.15) is 0 Å². The summed E-state index contributed by atoms with van der Waals surface area (Å²) in [5.74, 6) is 1.44. The summed E-state index contributed by atoms with van der Waals surface area (Å²) in [6.07, 6.45) is 0. The number of furan rings is 1. The second-order valence-electron chi connectivity index (χ2n) is 12.1. The molecule has 0 saturated heterocycles. The molecule has 45 heavy (non-hydrogen) atoms. The van der Waals surface area contributed by atoms with Gasteiger partial charge in [0.15, 0.2) is 0 Å². The highest BCUT2D eigenvalue weighted by Crippen LogP contribution is 2.62. The first-order valence-electron chi connectivity index (χ1n) is 15.3. The van der Waals surface area contributed by atoms with Crippen LogP contribution in [0.4, 0.5) is 5.69 Å². The second-order valence-corrected chi connectivity index (χ2v) is 12.1. The summed E-state index contributed by atoms with van der Waals surface area (Å²) >= 11 is 0. The SMILES string of the molecule is COc1ccc2c(c1)[C@]1(C(=O)N(Cc3ccccc3)c3ccccc31)c1c(-c3ccc(C)cc3)oc3c1c-2cc1ccccc13. The van der Waals surface area contributed by atoms with E-state index >= 15 is 4.79 Å². The maximum atomic E-state index is 15.6. The Bertz CT molecular complexity index is 2320. The molecule has 4 nitrogen and oxygen atoms in total. The fourth-order valence-corrected chi connectivity index (χ4v) is 7.62. The van der Waals surface area contributed by atoms with E-state index in [2.05, 4.69) is 91.9 Å². The molecule has 9 rings (SSSR count). The highest BCUT2D eigenvalue weighted by atomic mass is 16.5. The summed E-state index contributed by atoms with van der Waals surface area (Å²) in [6, 6.07) is 43.6. The molecule has 1 aliphatic heterocycles. The molecule has 0 N–H and O–H groups in total. The molecule has 0 saturated carbocycles. The molecule has 1 aromatic heterocycles. The fourth-order valence-electron chi connectivity index (χ4n) is 7.62. The van der Waals surface area contributed by atoms with Crippen LogP contribution in [0.25, 0.3) is 44.2 Å². The molecule has 0 fully saturated rings. The molecule has 1 spiro atoms. The molecule has 2 heterocycles. The molecular formula is C41H29NO3. The van der Waals surface area contributed by atoms with Crippen molar-refractivity contribution in [3.8, 4) is 28.2 Å². The summed E-state index contributed by atoms with van der Waals surface area (Å²) in [4.78, 5) is 17.6. The minimum absolute atomic E-state index is 0.0110. The minimum atomic E-state index is -1.16. The van der Waals surface area contributed by atoms with Gasteiger partial charge in [0.1, 0.15) is 22.5 Å². The van der Waals surface area contributed by atoms with E-state index in [1.54, 1.807) is 7.11 Å². The third kappa shape index (κ3) is 3.45. The number of hydrogen-bond acceptors (Lipinski definition) is 3. The van der Waals surface area contributed by atoms with Gasteiger partial charge in [0.2, 0.25) is 5.91 Å². The number of carbonyl (C=O) groups is 1. The third-order valence-electron chi connectivity index (χ3n) is 9.64. The van der Waals surface area contributed by atoms with Crippen LogP contribution in [0.1, 0.15) is 27.8 Å². The van der Waals surface area contributed by atoms with Crippen molar-refractivity contribution < 1.29 is 13.9 Å². The number of hydrogen-bond donors (Lipinski definition) is 0. The Kier molecular flexibility index (Phi) is 5.42. The number of aryl methyl sites for hydroxylation is 1. The van der Waals surface area contributed by atoms with Crippen molar-refractivity contribution in [1.29, 1.82) is 0 Å². The quantitative estimate of drug-likeness (QED) is 0.207. The predicted molar refractivity (Wildman–Crippen MR) is 180 cm³/mol. The van der Waals surface area contributed by atoms with Crippen LogP contribution >= 0.6 is 0 Å². The summed E-state index contributed by atoms with van der Waals surface area (Å²) in [5.41, 5.74) is 8.58. The molecule has 0 radical (unpaired) electrons. The van der Waals surface area contributed by atoms with Gasteiger partial charge in [-0.3, -0.25) is 4.79 Å². The van der Waals surface area contributed by atoms with E-state index in [1.807, 2.05) is 47.4 Å². The van der Waals surface area contributed by atoms with Gasteiger partial charge in [0.05, 0.1) is 13.7 Å². The van der Waals surface area contributed by atoms with Crippen molar-refractivity contribution in [2.24, 2.45) is 0 Å². The maximum absolute atomic E-state index is 15.6. The predicted octanol–water partition coefficient (Wildman–Crippen LogP) is 9.43. The lowest BCUT2D eigenvalue weighted by Crippen LogP contribution is -2.43. The number of anilines is 1. The van der Waals surface area contributed by atoms with Crippen molar-refractivity contribution in [3.05, 3.63) is 155 Å². The van der Waals surface area contributed by atoms with E-state index in [1.165, 1.54) is 0 Å². The first-order valence-corrected chi connectivity index (χ1v) is 15.3. The monoisotopic (exact) mass is 583 g/mol. The number of ether oxygens (including phenoxy) is 1. The number of rotatable bonds is 4. The molecule has 216 valence electrons. The molecule has 0 bridgehead atoms. The van der Waals surface area contributed by atoms with Gasteiger partial charge in [-0.25, -0.2) is 0 Å². The van der Waals surface area contributed by atoms with Gasteiger partial charge >= 0.3 is 0 Å². The number of carbonyl (C=O) groups excluding carboxylic acids is 1. The lowest BCUT2D eigenvalue weighted by Gasteiger charge is -2.36. The van der Waals surface area contributed by atoms with Crippen LogP contribution in [0.3, 0.4) is 0 Å². The van der Waals surface area contributed by atoms with E-state index in [9.17, 15) is 0 Å². The lowest BCUT2D eigenvalue weighted by molar-refractivity contribution is -0.120. The fraction of sp³-hybridized carbons (Fsp3) is 0.0976. The Morgan fingerprint density at radius 3 is 2.33 bits per heavy atom. The summed E-state index contributed by atoms with van der Waals surface area (Å²) < 4.78 is 12.9.